The molecule has 56 valence electrons. The number of ether oxygens (including phenoxy) is 1. The molecule has 2 heterocycles. The molecule has 1 aliphatic rings. The molecule has 1 aromatic heterocycles. The molecule has 0 atom stereocenters. The van der Waals surface area contributed by atoms with Crippen LogP contribution in [0.2, 0.25) is 5.15 Å². The summed E-state index contributed by atoms with van der Waals surface area (Å²) < 4.78 is 5.02. The van der Waals surface area contributed by atoms with E-state index in [0.29, 0.717) is 11.3 Å². The molecule has 11 heavy (non-hydrogen) atoms. The van der Waals surface area contributed by atoms with Crippen molar-refractivity contribution >= 4 is 17.4 Å². The third-order valence-corrected chi connectivity index (χ3v) is 1.79. The molecule has 0 N–H and O–H groups in total. The molecule has 2 rings (SSSR count). The minimum atomic E-state index is -0.0990. The van der Waals surface area contributed by atoms with Crippen molar-refractivity contribution in [2.75, 3.05) is 6.61 Å². The topological polar surface area (TPSA) is 39.2 Å². The fourth-order valence-electron chi connectivity index (χ4n) is 1.01. The highest BCUT2D eigenvalue weighted by molar-refractivity contribution is 6.33. The van der Waals surface area contributed by atoms with Crippen molar-refractivity contribution in [2.45, 2.75) is 0 Å². The summed E-state index contributed by atoms with van der Waals surface area (Å²) in [6.07, 6.45) is 1.51. The zero-order chi connectivity index (χ0) is 7.84. The van der Waals surface area contributed by atoms with E-state index in [1.165, 1.54) is 6.20 Å². The third-order valence-electron chi connectivity index (χ3n) is 1.50. The lowest BCUT2D eigenvalue weighted by Crippen LogP contribution is -1.99. The molecule has 0 radical (unpaired) electrons. The van der Waals surface area contributed by atoms with Gasteiger partial charge in [-0.3, -0.25) is 4.79 Å². The number of hydrogen-bond donors (Lipinski definition) is 0. The molecular weight excluding hydrogens is 166 g/mol. The van der Waals surface area contributed by atoms with Gasteiger partial charge in [-0.25, -0.2) is 4.98 Å². The van der Waals surface area contributed by atoms with Gasteiger partial charge in [-0.15, -0.1) is 0 Å². The third kappa shape index (κ3) is 0.886. The number of nitrogens with zero attached hydrogens (tertiary/aromatic N) is 1. The van der Waals surface area contributed by atoms with Crippen molar-refractivity contribution in [3.05, 3.63) is 23.0 Å². The number of fused-ring (bicyclic) bond motifs is 1. The second kappa shape index (κ2) is 2.20. The summed E-state index contributed by atoms with van der Waals surface area (Å²) in [5.74, 6) is 0.438. The van der Waals surface area contributed by atoms with Gasteiger partial charge in [0.1, 0.15) is 16.5 Å². The van der Waals surface area contributed by atoms with E-state index in [0.717, 1.165) is 0 Å². The quantitative estimate of drug-likeness (QED) is 0.550. The normalized spacial score (nSPS) is 14.5. The Bertz CT molecular complexity index is 324. The minimum Gasteiger partial charge on any atom is -0.484 e. The molecule has 0 aromatic carbocycles. The molecule has 1 aromatic rings. The molecule has 0 unspecified atom stereocenters. The van der Waals surface area contributed by atoms with Crippen LogP contribution in [0.5, 0.6) is 5.75 Å². The molecule has 4 heteroatoms. The first-order valence-corrected chi connectivity index (χ1v) is 3.47. The molecule has 0 saturated heterocycles. The Morgan fingerprint density at radius 2 is 2.45 bits per heavy atom. The molecule has 0 aliphatic carbocycles. The number of halogens is 1. The average molecular weight is 170 g/mol. The molecule has 0 fully saturated rings. The maximum atomic E-state index is 11.0. The van der Waals surface area contributed by atoms with Crippen molar-refractivity contribution < 1.29 is 9.53 Å². The van der Waals surface area contributed by atoms with Gasteiger partial charge in [0, 0.05) is 6.20 Å². The van der Waals surface area contributed by atoms with E-state index in [4.69, 9.17) is 16.3 Å². The number of pyridine rings is 1. The molecule has 0 amide bonds. The fraction of sp³-hybridized carbons (Fsp3) is 0.143. The van der Waals surface area contributed by atoms with Crippen LogP contribution in [-0.4, -0.2) is 17.4 Å². The number of carbonyl (C=O) groups is 1. The van der Waals surface area contributed by atoms with Crippen LogP contribution >= 0.6 is 11.6 Å². The average Bonchev–Trinajstić information content (AvgIpc) is 2.34. The maximum absolute atomic E-state index is 11.0. The molecule has 0 bridgehead atoms. The molecule has 3 nitrogen and oxygen atoms in total. The number of hydrogen-bond acceptors (Lipinski definition) is 3. The van der Waals surface area contributed by atoms with Crippen LogP contribution in [0.15, 0.2) is 12.3 Å². The Morgan fingerprint density at radius 1 is 1.64 bits per heavy atom. The molecule has 1 aliphatic heterocycles. The van der Waals surface area contributed by atoms with Crippen LogP contribution in [0.25, 0.3) is 0 Å². The smallest absolute Gasteiger partial charge is 0.207 e. The van der Waals surface area contributed by atoms with Crippen LogP contribution < -0.4 is 4.74 Å². The zero-order valence-electron chi connectivity index (χ0n) is 5.50. The van der Waals surface area contributed by atoms with E-state index in [2.05, 4.69) is 4.98 Å². The Kier molecular flexibility index (Phi) is 1.32. The number of carbonyl (C=O) groups excluding carboxylic acids is 1. The summed E-state index contributed by atoms with van der Waals surface area (Å²) in [6, 6.07) is 1.63. The number of aromatic nitrogens is 1. The van der Waals surface area contributed by atoms with E-state index in [-0.39, 0.29) is 17.5 Å². The summed E-state index contributed by atoms with van der Waals surface area (Å²) in [5.41, 5.74) is 0.411. The number of ketones is 1. The Hall–Kier alpha value is -1.09. The van der Waals surface area contributed by atoms with Gasteiger partial charge >= 0.3 is 0 Å². The highest BCUT2D eigenvalue weighted by Gasteiger charge is 2.24. The van der Waals surface area contributed by atoms with Crippen molar-refractivity contribution in [2.24, 2.45) is 0 Å². The molecule has 0 spiro atoms. The van der Waals surface area contributed by atoms with Gasteiger partial charge in [0.15, 0.2) is 6.61 Å². The summed E-state index contributed by atoms with van der Waals surface area (Å²) in [7, 11) is 0. The monoisotopic (exact) mass is 169 g/mol. The van der Waals surface area contributed by atoms with Crippen molar-refractivity contribution in [3.8, 4) is 5.75 Å². The number of rotatable bonds is 0. The SMILES string of the molecule is O=C1COc2ccnc(Cl)c21. The van der Waals surface area contributed by atoms with Gasteiger partial charge in [-0.2, -0.15) is 0 Å². The Labute approximate surface area is 68.0 Å². The van der Waals surface area contributed by atoms with Gasteiger partial charge in [0.2, 0.25) is 5.78 Å². The first-order valence-electron chi connectivity index (χ1n) is 3.09. The van der Waals surface area contributed by atoms with Crippen LogP contribution in [0.3, 0.4) is 0 Å². The highest BCUT2D eigenvalue weighted by Crippen LogP contribution is 2.28. The first kappa shape index (κ1) is 6.61. The lowest BCUT2D eigenvalue weighted by atomic mass is 10.2. The van der Waals surface area contributed by atoms with Crippen LogP contribution in [-0.2, 0) is 0 Å². The van der Waals surface area contributed by atoms with Crippen molar-refractivity contribution in [3.63, 3.8) is 0 Å². The largest absolute Gasteiger partial charge is 0.484 e. The van der Waals surface area contributed by atoms with Gasteiger partial charge < -0.3 is 4.74 Å². The zero-order valence-corrected chi connectivity index (χ0v) is 6.26. The van der Waals surface area contributed by atoms with Crippen LogP contribution in [0, 0.1) is 0 Å². The van der Waals surface area contributed by atoms with Gasteiger partial charge in [-0.05, 0) is 6.07 Å². The van der Waals surface area contributed by atoms with Crippen LogP contribution in [0.1, 0.15) is 10.4 Å². The second-order valence-corrected chi connectivity index (χ2v) is 2.54. The predicted molar refractivity (Wildman–Crippen MR) is 39.1 cm³/mol. The summed E-state index contributed by atoms with van der Waals surface area (Å²) in [6.45, 7) is 0.0841. The van der Waals surface area contributed by atoms with E-state index in [1.807, 2.05) is 0 Å². The summed E-state index contributed by atoms with van der Waals surface area (Å²) in [4.78, 5) is 14.8. The van der Waals surface area contributed by atoms with Crippen molar-refractivity contribution in [1.29, 1.82) is 0 Å². The van der Waals surface area contributed by atoms with E-state index < -0.39 is 0 Å². The van der Waals surface area contributed by atoms with Gasteiger partial charge in [0.25, 0.3) is 0 Å². The van der Waals surface area contributed by atoms with Gasteiger partial charge in [-0.1, -0.05) is 11.6 Å². The van der Waals surface area contributed by atoms with E-state index in [1.54, 1.807) is 6.07 Å². The fourth-order valence-corrected chi connectivity index (χ4v) is 1.26. The highest BCUT2D eigenvalue weighted by atomic mass is 35.5. The lowest BCUT2D eigenvalue weighted by molar-refractivity contribution is 0.0961. The standard InChI is InChI=1S/C7H4ClNO2/c8-7-6-4(10)3-11-5(6)1-2-9-7/h1-2H,3H2. The summed E-state index contributed by atoms with van der Waals surface area (Å²) in [5, 5.41) is 0.227. The Morgan fingerprint density at radius 3 is 3.18 bits per heavy atom. The predicted octanol–water partition coefficient (Wildman–Crippen LogP) is 1.31. The van der Waals surface area contributed by atoms with Crippen molar-refractivity contribution in [1.82, 2.24) is 4.98 Å². The second-order valence-electron chi connectivity index (χ2n) is 2.19. The summed E-state index contributed by atoms with van der Waals surface area (Å²) >= 11 is 5.65. The lowest BCUT2D eigenvalue weighted by Gasteiger charge is -1.95. The van der Waals surface area contributed by atoms with E-state index >= 15 is 0 Å². The molecular formula is C7H4ClNO2. The van der Waals surface area contributed by atoms with Crippen LogP contribution in [0.4, 0.5) is 0 Å². The van der Waals surface area contributed by atoms with E-state index in [9.17, 15) is 4.79 Å². The molecule has 0 saturated carbocycles. The maximum Gasteiger partial charge on any atom is 0.207 e. The number of Topliss-reactive ketones (excluding diaryl/α,β-unsaturated/α-hetero) is 1. The Balaban J connectivity index is 2.68. The van der Waals surface area contributed by atoms with Gasteiger partial charge in [0.05, 0.1) is 0 Å². The first-order chi connectivity index (χ1) is 5.29. The minimum absolute atomic E-state index is 0.0841.